The zero-order valence-electron chi connectivity index (χ0n) is 14.1. The van der Waals surface area contributed by atoms with Crippen molar-refractivity contribution in [2.75, 3.05) is 21.3 Å². The van der Waals surface area contributed by atoms with E-state index >= 15 is 0 Å². The Morgan fingerprint density at radius 1 is 0.955 bits per heavy atom. The van der Waals surface area contributed by atoms with Gasteiger partial charge in [0.05, 0.1) is 33.5 Å². The second-order valence-electron chi connectivity index (χ2n) is 5.48. The zero-order valence-corrected chi connectivity index (χ0v) is 14.1. The van der Waals surface area contributed by atoms with E-state index in [2.05, 4.69) is 0 Å². The number of hydrogen-bond acceptors (Lipinski definition) is 5. The average Bonchev–Trinajstić information content (AvgIpc) is 2.52. The third-order valence-electron chi connectivity index (χ3n) is 3.89. The van der Waals surface area contributed by atoms with E-state index in [9.17, 15) is 10.2 Å². The van der Waals surface area contributed by atoms with E-state index in [4.69, 9.17) is 14.2 Å². The van der Waals surface area contributed by atoms with Gasteiger partial charge in [0.15, 0.2) is 11.5 Å². The van der Waals surface area contributed by atoms with Crippen LogP contribution in [0, 0.1) is 0 Å². The normalized spacial score (nSPS) is 15.0. The van der Waals surface area contributed by atoms with Crippen LogP contribution in [0.5, 0.6) is 17.2 Å². The lowest BCUT2D eigenvalue weighted by Crippen LogP contribution is -2.27. The lowest BCUT2D eigenvalue weighted by molar-refractivity contribution is 0.00627. The minimum absolute atomic E-state index is 0.0104. The highest BCUT2D eigenvalue weighted by molar-refractivity contribution is 5.56. The van der Waals surface area contributed by atoms with Crippen LogP contribution in [0.2, 0.25) is 0 Å². The number of methoxy groups -OCH3 is 3. The molecule has 5 nitrogen and oxygen atoms in total. The molecule has 2 N–H and O–H groups in total. The van der Waals surface area contributed by atoms with Gasteiger partial charge >= 0.3 is 0 Å². The van der Waals surface area contributed by atoms with Gasteiger partial charge in [-0.3, -0.25) is 0 Å². The number of ether oxygens (including phenoxy) is 3. The van der Waals surface area contributed by atoms with Crippen LogP contribution in [0.15, 0.2) is 12.1 Å². The van der Waals surface area contributed by atoms with Gasteiger partial charge in [0.25, 0.3) is 0 Å². The summed E-state index contributed by atoms with van der Waals surface area (Å²) in [6, 6.07) is 3.73. The summed E-state index contributed by atoms with van der Waals surface area (Å²) in [5, 5.41) is 20.0. The highest BCUT2D eigenvalue weighted by Crippen LogP contribution is 2.43. The largest absolute Gasteiger partial charge is 0.493 e. The Bertz CT molecular complexity index is 461. The van der Waals surface area contributed by atoms with Crippen LogP contribution >= 0.6 is 0 Å². The average molecular weight is 312 g/mol. The fourth-order valence-electron chi connectivity index (χ4n) is 2.65. The molecule has 0 bridgehead atoms. The maximum Gasteiger partial charge on any atom is 0.203 e. The molecule has 0 aliphatic heterocycles. The second kappa shape index (κ2) is 8.86. The lowest BCUT2D eigenvalue weighted by atomic mass is 9.91. The third-order valence-corrected chi connectivity index (χ3v) is 3.89. The van der Waals surface area contributed by atoms with E-state index in [1.165, 1.54) is 0 Å². The van der Waals surface area contributed by atoms with E-state index in [-0.39, 0.29) is 5.92 Å². The first-order chi connectivity index (χ1) is 10.5. The van der Waals surface area contributed by atoms with Crippen molar-refractivity contribution in [3.8, 4) is 17.2 Å². The minimum atomic E-state index is -0.757. The maximum absolute atomic E-state index is 10.1. The quantitative estimate of drug-likeness (QED) is 0.734. The lowest BCUT2D eigenvalue weighted by Gasteiger charge is -2.23. The van der Waals surface area contributed by atoms with Gasteiger partial charge in [-0.2, -0.15) is 0 Å². The SMILES string of the molecule is CCCC(O)C(O)CC(C)c1ccc(OC)c(OC)c1OC. The van der Waals surface area contributed by atoms with Crippen LogP contribution in [-0.4, -0.2) is 43.8 Å². The van der Waals surface area contributed by atoms with Gasteiger partial charge in [-0.05, 0) is 24.8 Å². The van der Waals surface area contributed by atoms with Crippen molar-refractivity contribution >= 4 is 0 Å². The first-order valence-corrected chi connectivity index (χ1v) is 7.65. The fourth-order valence-corrected chi connectivity index (χ4v) is 2.65. The Balaban J connectivity index is 3.00. The van der Waals surface area contributed by atoms with Crippen LogP contribution in [0.4, 0.5) is 0 Å². The maximum atomic E-state index is 10.1. The molecular weight excluding hydrogens is 284 g/mol. The minimum Gasteiger partial charge on any atom is -0.493 e. The van der Waals surface area contributed by atoms with E-state index in [1.807, 2.05) is 26.0 Å². The van der Waals surface area contributed by atoms with E-state index in [1.54, 1.807) is 21.3 Å². The predicted octanol–water partition coefficient (Wildman–Crippen LogP) is 2.73. The molecule has 3 unspecified atom stereocenters. The first kappa shape index (κ1) is 18.6. The predicted molar refractivity (Wildman–Crippen MR) is 86.1 cm³/mol. The molecule has 0 spiro atoms. The molecule has 22 heavy (non-hydrogen) atoms. The summed E-state index contributed by atoms with van der Waals surface area (Å²) in [6.45, 7) is 3.97. The Morgan fingerprint density at radius 3 is 2.09 bits per heavy atom. The van der Waals surface area contributed by atoms with Crippen LogP contribution in [-0.2, 0) is 0 Å². The summed E-state index contributed by atoms with van der Waals surface area (Å²) in [4.78, 5) is 0. The van der Waals surface area contributed by atoms with Crippen molar-refractivity contribution < 1.29 is 24.4 Å². The molecule has 1 aromatic carbocycles. The molecule has 1 aromatic rings. The molecule has 0 saturated carbocycles. The summed E-state index contributed by atoms with van der Waals surface area (Å²) in [5.74, 6) is 1.75. The Kier molecular flexibility index (Phi) is 7.48. The number of benzene rings is 1. The van der Waals surface area contributed by atoms with Crippen molar-refractivity contribution in [2.45, 2.75) is 51.2 Å². The van der Waals surface area contributed by atoms with E-state index in [0.29, 0.717) is 30.1 Å². The Labute approximate surface area is 132 Å². The number of aliphatic hydroxyl groups excluding tert-OH is 2. The summed E-state index contributed by atoms with van der Waals surface area (Å²) >= 11 is 0. The van der Waals surface area contributed by atoms with Crippen molar-refractivity contribution in [3.63, 3.8) is 0 Å². The number of aliphatic hydroxyl groups is 2. The topological polar surface area (TPSA) is 68.2 Å². The molecule has 5 heteroatoms. The summed E-state index contributed by atoms with van der Waals surface area (Å²) in [6.07, 6.45) is 0.433. The standard InChI is InChI=1S/C17H28O5/c1-6-7-13(18)14(19)10-11(2)12-8-9-15(20-3)17(22-5)16(12)21-4/h8-9,11,13-14,18-19H,6-7,10H2,1-5H3. The van der Waals surface area contributed by atoms with Crippen molar-refractivity contribution in [1.29, 1.82) is 0 Å². The molecule has 1 rings (SSSR count). The van der Waals surface area contributed by atoms with Gasteiger partial charge in [-0.25, -0.2) is 0 Å². The van der Waals surface area contributed by atoms with Gasteiger partial charge in [-0.15, -0.1) is 0 Å². The summed E-state index contributed by atoms with van der Waals surface area (Å²) in [7, 11) is 4.72. The molecule has 0 aliphatic carbocycles. The van der Waals surface area contributed by atoms with Gasteiger partial charge in [0, 0.05) is 5.56 Å². The molecule has 0 radical (unpaired) electrons. The van der Waals surface area contributed by atoms with E-state index < -0.39 is 12.2 Å². The van der Waals surface area contributed by atoms with Crippen LogP contribution in [0.25, 0.3) is 0 Å². The smallest absolute Gasteiger partial charge is 0.203 e. The fraction of sp³-hybridized carbons (Fsp3) is 0.647. The molecule has 0 aliphatic rings. The summed E-state index contributed by atoms with van der Waals surface area (Å²) in [5.41, 5.74) is 0.919. The van der Waals surface area contributed by atoms with Gasteiger partial charge in [0.2, 0.25) is 5.75 Å². The van der Waals surface area contributed by atoms with Crippen LogP contribution in [0.1, 0.15) is 44.6 Å². The highest BCUT2D eigenvalue weighted by Gasteiger charge is 2.24. The Morgan fingerprint density at radius 2 is 1.59 bits per heavy atom. The highest BCUT2D eigenvalue weighted by atomic mass is 16.5. The van der Waals surface area contributed by atoms with Crippen molar-refractivity contribution in [1.82, 2.24) is 0 Å². The monoisotopic (exact) mass is 312 g/mol. The molecular formula is C17H28O5. The Hall–Kier alpha value is -1.46. The second-order valence-corrected chi connectivity index (χ2v) is 5.48. The van der Waals surface area contributed by atoms with Crippen molar-refractivity contribution in [3.05, 3.63) is 17.7 Å². The van der Waals surface area contributed by atoms with Gasteiger partial charge in [-0.1, -0.05) is 26.3 Å². The molecule has 0 heterocycles. The molecule has 0 saturated heterocycles. The first-order valence-electron chi connectivity index (χ1n) is 7.65. The zero-order chi connectivity index (χ0) is 16.7. The molecule has 0 amide bonds. The van der Waals surface area contributed by atoms with Crippen molar-refractivity contribution in [2.24, 2.45) is 0 Å². The molecule has 0 aromatic heterocycles. The number of hydrogen-bond donors (Lipinski definition) is 2. The number of rotatable bonds is 9. The van der Waals surface area contributed by atoms with Crippen LogP contribution < -0.4 is 14.2 Å². The third kappa shape index (κ3) is 4.27. The van der Waals surface area contributed by atoms with Crippen LogP contribution in [0.3, 0.4) is 0 Å². The van der Waals surface area contributed by atoms with Gasteiger partial charge < -0.3 is 24.4 Å². The van der Waals surface area contributed by atoms with Gasteiger partial charge in [0.1, 0.15) is 0 Å². The summed E-state index contributed by atoms with van der Waals surface area (Å²) < 4.78 is 16.1. The molecule has 3 atom stereocenters. The molecule has 126 valence electrons. The van der Waals surface area contributed by atoms with E-state index in [0.717, 1.165) is 12.0 Å². The molecule has 0 fully saturated rings.